The Kier molecular flexibility index (Phi) is 2.65. The van der Waals surface area contributed by atoms with E-state index in [4.69, 9.17) is 0 Å². The summed E-state index contributed by atoms with van der Waals surface area (Å²) in [5.74, 6) is 0. The van der Waals surface area contributed by atoms with E-state index in [1.165, 1.54) is 0 Å². The largest absolute Gasteiger partial charge is 0.296 e. The summed E-state index contributed by atoms with van der Waals surface area (Å²) in [5, 5.41) is 0. The van der Waals surface area contributed by atoms with Gasteiger partial charge in [0.15, 0.2) is 0 Å². The SMILES string of the molecule is C[Si]1(C)C[Si](C)(C)N2N1[Si](C)(C)C[Si]2(C)C. The maximum absolute atomic E-state index is 3.05. The Morgan fingerprint density at radius 1 is 0.500 bits per heavy atom. The monoisotopic (exact) mass is 288 g/mol. The molecule has 2 saturated heterocycles. The van der Waals surface area contributed by atoms with Crippen LogP contribution in [0.4, 0.5) is 0 Å². The number of hydrogen-bond acceptors (Lipinski definition) is 2. The summed E-state index contributed by atoms with van der Waals surface area (Å²) in [4.78, 5) is 0. The molecule has 2 rings (SSSR count). The Balaban J connectivity index is 2.53. The molecule has 0 aliphatic carbocycles. The summed E-state index contributed by atoms with van der Waals surface area (Å²) in [6.07, 6.45) is 0. The van der Waals surface area contributed by atoms with Crippen LogP contribution in [0.5, 0.6) is 0 Å². The summed E-state index contributed by atoms with van der Waals surface area (Å²) in [7, 11) is -4.45. The van der Waals surface area contributed by atoms with E-state index in [1.807, 2.05) is 0 Å². The van der Waals surface area contributed by atoms with Crippen LogP contribution in [0.15, 0.2) is 0 Å². The van der Waals surface area contributed by atoms with Gasteiger partial charge in [-0.15, -0.1) is 0 Å². The average Bonchev–Trinajstić information content (AvgIpc) is 2.23. The van der Waals surface area contributed by atoms with Gasteiger partial charge in [0.05, 0.1) is 0 Å². The highest BCUT2D eigenvalue weighted by Crippen LogP contribution is 2.50. The van der Waals surface area contributed by atoms with E-state index in [9.17, 15) is 0 Å². The molecule has 2 heterocycles. The smallest absolute Gasteiger partial charge is 0.128 e. The minimum Gasteiger partial charge on any atom is -0.296 e. The summed E-state index contributed by atoms with van der Waals surface area (Å²) < 4.78 is 6.11. The standard InChI is InChI=1S/C10H28N2Si4/c1-13(2)9-14(3,4)12-11(13)15(5,6)10-16(12,7)8/h9-10H2,1-8H3. The maximum atomic E-state index is 3.05. The fourth-order valence-electron chi connectivity index (χ4n) is 5.14. The Bertz CT molecular complexity index is 265. The van der Waals surface area contributed by atoms with Gasteiger partial charge in [-0.1, -0.05) is 52.4 Å². The van der Waals surface area contributed by atoms with Crippen molar-refractivity contribution in [2.24, 2.45) is 0 Å². The molecule has 2 aliphatic rings. The second-order valence-corrected chi connectivity index (χ2v) is 28.1. The van der Waals surface area contributed by atoms with E-state index >= 15 is 0 Å². The van der Waals surface area contributed by atoms with Gasteiger partial charge in [0, 0.05) is 0 Å². The number of nitrogens with zero attached hydrogens (tertiary/aromatic N) is 2. The lowest BCUT2D eigenvalue weighted by Crippen LogP contribution is -2.62. The first-order valence-corrected chi connectivity index (χ1v) is 19.1. The Morgan fingerprint density at radius 2 is 0.688 bits per heavy atom. The molecule has 0 unspecified atom stereocenters. The summed E-state index contributed by atoms with van der Waals surface area (Å²) >= 11 is 0. The van der Waals surface area contributed by atoms with Gasteiger partial charge in [-0.2, -0.15) is 0 Å². The zero-order valence-electron chi connectivity index (χ0n) is 12.3. The van der Waals surface area contributed by atoms with Crippen molar-refractivity contribution in [1.29, 1.82) is 0 Å². The van der Waals surface area contributed by atoms with Crippen LogP contribution >= 0.6 is 0 Å². The Labute approximate surface area is 105 Å². The predicted octanol–water partition coefficient (Wildman–Crippen LogP) is 3.43. The van der Waals surface area contributed by atoms with Crippen LogP contribution in [-0.4, -0.2) is 41.6 Å². The molecule has 2 aliphatic heterocycles. The van der Waals surface area contributed by atoms with Gasteiger partial charge < -0.3 is 0 Å². The highest BCUT2D eigenvalue weighted by atomic mass is 28.5. The molecule has 94 valence electrons. The van der Waals surface area contributed by atoms with Crippen LogP contribution in [0.3, 0.4) is 0 Å². The van der Waals surface area contributed by atoms with E-state index < -0.39 is 32.9 Å². The van der Waals surface area contributed by atoms with Gasteiger partial charge in [0.2, 0.25) is 0 Å². The first-order valence-electron chi connectivity index (χ1n) is 6.51. The van der Waals surface area contributed by atoms with Crippen LogP contribution in [0.25, 0.3) is 0 Å². The average molecular weight is 289 g/mol. The Morgan fingerprint density at radius 3 is 0.875 bits per heavy atom. The third-order valence-electron chi connectivity index (χ3n) is 4.22. The molecule has 2 nitrogen and oxygen atoms in total. The van der Waals surface area contributed by atoms with E-state index in [0.717, 1.165) is 0 Å². The van der Waals surface area contributed by atoms with Gasteiger partial charge in [-0.3, -0.25) is 8.68 Å². The first kappa shape index (κ1) is 13.2. The van der Waals surface area contributed by atoms with Crippen LogP contribution in [0.1, 0.15) is 0 Å². The molecular formula is C10H28N2Si4. The number of rotatable bonds is 0. The molecular weight excluding hydrogens is 260 g/mol. The lowest BCUT2D eigenvalue weighted by atomic mass is 11.8. The molecule has 0 bridgehead atoms. The van der Waals surface area contributed by atoms with Crippen molar-refractivity contribution < 1.29 is 0 Å². The molecule has 0 aromatic rings. The number of hydrazine groups is 1. The van der Waals surface area contributed by atoms with Gasteiger partial charge in [-0.25, -0.2) is 0 Å². The summed E-state index contributed by atoms with van der Waals surface area (Å²) in [5.41, 5.74) is 3.18. The number of fused-ring (bicyclic) bond motifs is 1. The highest BCUT2D eigenvalue weighted by Gasteiger charge is 2.65. The second kappa shape index (κ2) is 3.21. The zero-order chi connectivity index (χ0) is 12.6. The first-order chi connectivity index (χ1) is 6.90. The van der Waals surface area contributed by atoms with E-state index in [-0.39, 0.29) is 0 Å². The second-order valence-electron chi connectivity index (χ2n) is 8.23. The molecule has 16 heavy (non-hydrogen) atoms. The van der Waals surface area contributed by atoms with Crippen molar-refractivity contribution in [1.82, 2.24) is 8.68 Å². The number of hydrogen-bond donors (Lipinski definition) is 0. The quantitative estimate of drug-likeness (QED) is 0.630. The lowest BCUT2D eigenvalue weighted by molar-refractivity contribution is 0.394. The molecule has 0 aromatic heterocycles. The molecule has 0 radical (unpaired) electrons. The van der Waals surface area contributed by atoms with Crippen molar-refractivity contribution in [3.05, 3.63) is 0 Å². The van der Waals surface area contributed by atoms with Crippen LogP contribution < -0.4 is 0 Å². The molecule has 0 N–H and O–H groups in total. The molecule has 0 spiro atoms. The third kappa shape index (κ3) is 1.69. The highest BCUT2D eigenvalue weighted by molar-refractivity contribution is 7.13. The molecule has 0 aromatic carbocycles. The molecule has 6 heteroatoms. The lowest BCUT2D eigenvalue weighted by Gasteiger charge is -2.45. The Hall–Kier alpha value is 0.788. The van der Waals surface area contributed by atoms with Crippen molar-refractivity contribution in [3.63, 3.8) is 0 Å². The van der Waals surface area contributed by atoms with Gasteiger partial charge >= 0.3 is 0 Å². The maximum Gasteiger partial charge on any atom is 0.128 e. The van der Waals surface area contributed by atoms with E-state index in [0.29, 0.717) is 0 Å². The minimum atomic E-state index is -1.11. The van der Waals surface area contributed by atoms with Gasteiger partial charge in [-0.05, 0) is 11.3 Å². The molecule has 0 saturated carbocycles. The van der Waals surface area contributed by atoms with Crippen molar-refractivity contribution >= 4 is 32.9 Å². The van der Waals surface area contributed by atoms with Crippen molar-refractivity contribution in [2.75, 3.05) is 0 Å². The fraction of sp³-hybridized carbons (Fsp3) is 1.00. The normalized spacial score (nSPS) is 35.2. The minimum absolute atomic E-state index is 1.11. The molecule has 0 atom stereocenters. The van der Waals surface area contributed by atoms with Gasteiger partial charge in [0.1, 0.15) is 32.9 Å². The summed E-state index contributed by atoms with van der Waals surface area (Å²) in [6.45, 7) is 20.9. The zero-order valence-corrected chi connectivity index (χ0v) is 16.3. The van der Waals surface area contributed by atoms with Crippen LogP contribution in [0.2, 0.25) is 63.7 Å². The summed E-state index contributed by atoms with van der Waals surface area (Å²) in [6, 6.07) is 0. The van der Waals surface area contributed by atoms with E-state index in [2.05, 4.69) is 61.1 Å². The molecule has 0 amide bonds. The van der Waals surface area contributed by atoms with Crippen molar-refractivity contribution in [3.8, 4) is 0 Å². The van der Waals surface area contributed by atoms with Gasteiger partial charge in [0.25, 0.3) is 0 Å². The molecule has 2 fully saturated rings. The predicted molar refractivity (Wildman–Crippen MR) is 83.2 cm³/mol. The topological polar surface area (TPSA) is 6.48 Å². The van der Waals surface area contributed by atoms with E-state index in [1.54, 1.807) is 11.3 Å². The van der Waals surface area contributed by atoms with Crippen molar-refractivity contribution in [2.45, 2.75) is 63.7 Å². The third-order valence-corrected chi connectivity index (χ3v) is 31.5. The van der Waals surface area contributed by atoms with Crippen LogP contribution in [0, 0.1) is 0 Å². The fourth-order valence-corrected chi connectivity index (χ4v) is 49.1. The van der Waals surface area contributed by atoms with Crippen LogP contribution in [-0.2, 0) is 0 Å².